The standard InChI is InChI=1S/C15H18O/c1-9(16)15(2,3)13-8-11-5-4-10-6-7-12(13)14(10)11/h4-8,10-12,14H,1-3H3/t10-,11+,12+,14-/m0/s1. The van der Waals surface area contributed by atoms with Crippen molar-refractivity contribution in [3.05, 3.63) is 36.0 Å². The zero-order valence-corrected chi connectivity index (χ0v) is 10.1. The highest BCUT2D eigenvalue weighted by atomic mass is 16.1. The molecule has 3 aliphatic rings. The molecule has 1 heteroatoms. The molecule has 16 heavy (non-hydrogen) atoms. The lowest BCUT2D eigenvalue weighted by Crippen LogP contribution is -2.27. The van der Waals surface area contributed by atoms with Crippen LogP contribution >= 0.6 is 0 Å². The van der Waals surface area contributed by atoms with Crippen LogP contribution in [0.1, 0.15) is 20.8 Å². The highest BCUT2D eigenvalue weighted by molar-refractivity contribution is 5.85. The normalized spacial score (nSPS) is 39.1. The third-order valence-corrected chi connectivity index (χ3v) is 4.73. The van der Waals surface area contributed by atoms with Crippen molar-refractivity contribution in [3.8, 4) is 0 Å². The van der Waals surface area contributed by atoms with Gasteiger partial charge in [0.2, 0.25) is 0 Å². The maximum Gasteiger partial charge on any atom is 0.139 e. The fourth-order valence-electron chi connectivity index (χ4n) is 3.44. The van der Waals surface area contributed by atoms with E-state index in [-0.39, 0.29) is 11.2 Å². The van der Waals surface area contributed by atoms with Gasteiger partial charge in [-0.15, -0.1) is 0 Å². The Morgan fingerprint density at radius 2 is 1.75 bits per heavy atom. The van der Waals surface area contributed by atoms with Crippen LogP contribution in [0.2, 0.25) is 0 Å². The fraction of sp³-hybridized carbons (Fsp3) is 0.533. The molecular weight excluding hydrogens is 196 g/mol. The topological polar surface area (TPSA) is 17.1 Å². The van der Waals surface area contributed by atoms with Gasteiger partial charge in [-0.3, -0.25) is 4.79 Å². The monoisotopic (exact) mass is 214 g/mol. The van der Waals surface area contributed by atoms with Gasteiger partial charge in [-0.1, -0.05) is 36.0 Å². The van der Waals surface area contributed by atoms with Gasteiger partial charge in [0, 0.05) is 11.3 Å². The molecule has 0 aliphatic heterocycles. The molecule has 4 atom stereocenters. The van der Waals surface area contributed by atoms with E-state index < -0.39 is 0 Å². The first-order valence-corrected chi connectivity index (χ1v) is 6.11. The highest BCUT2D eigenvalue weighted by Gasteiger charge is 2.48. The number of hydrogen-bond acceptors (Lipinski definition) is 1. The van der Waals surface area contributed by atoms with Crippen molar-refractivity contribution in [2.24, 2.45) is 29.1 Å². The summed E-state index contributed by atoms with van der Waals surface area (Å²) in [6.45, 7) is 5.83. The van der Waals surface area contributed by atoms with Crippen molar-refractivity contribution < 1.29 is 4.79 Å². The summed E-state index contributed by atoms with van der Waals surface area (Å²) in [5.74, 6) is 2.65. The Morgan fingerprint density at radius 1 is 1.12 bits per heavy atom. The lowest BCUT2D eigenvalue weighted by Gasteiger charge is -2.28. The first-order chi connectivity index (χ1) is 7.51. The van der Waals surface area contributed by atoms with E-state index in [0.717, 1.165) is 0 Å². The zero-order valence-electron chi connectivity index (χ0n) is 10.1. The van der Waals surface area contributed by atoms with Gasteiger partial charge in [-0.05, 0) is 38.5 Å². The lowest BCUT2D eigenvalue weighted by atomic mass is 9.74. The fourth-order valence-corrected chi connectivity index (χ4v) is 3.44. The smallest absolute Gasteiger partial charge is 0.139 e. The second-order valence-corrected chi connectivity index (χ2v) is 5.83. The van der Waals surface area contributed by atoms with Gasteiger partial charge in [-0.2, -0.15) is 0 Å². The number of allylic oxidation sites excluding steroid dienone is 6. The number of hydrogen-bond donors (Lipinski definition) is 0. The largest absolute Gasteiger partial charge is 0.299 e. The molecule has 0 fully saturated rings. The third-order valence-electron chi connectivity index (χ3n) is 4.73. The van der Waals surface area contributed by atoms with Crippen LogP contribution in [-0.4, -0.2) is 5.78 Å². The van der Waals surface area contributed by atoms with Crippen LogP contribution in [0, 0.1) is 29.1 Å². The number of ketones is 1. The van der Waals surface area contributed by atoms with Crippen molar-refractivity contribution in [1.82, 2.24) is 0 Å². The Morgan fingerprint density at radius 3 is 2.44 bits per heavy atom. The minimum Gasteiger partial charge on any atom is -0.299 e. The Bertz CT molecular complexity index is 436. The number of rotatable bonds is 2. The minimum absolute atomic E-state index is 0.277. The van der Waals surface area contributed by atoms with Crippen LogP contribution in [0.4, 0.5) is 0 Å². The van der Waals surface area contributed by atoms with Crippen molar-refractivity contribution in [2.45, 2.75) is 20.8 Å². The van der Waals surface area contributed by atoms with E-state index in [2.05, 4.69) is 44.2 Å². The summed E-state index contributed by atoms with van der Waals surface area (Å²) in [4.78, 5) is 11.8. The van der Waals surface area contributed by atoms with Gasteiger partial charge in [0.25, 0.3) is 0 Å². The molecule has 0 radical (unpaired) electrons. The predicted octanol–water partition coefficient (Wildman–Crippen LogP) is 3.15. The van der Waals surface area contributed by atoms with E-state index in [0.29, 0.717) is 23.7 Å². The Balaban J connectivity index is 2.02. The number of Topliss-reactive ketones (excluding diaryl/α,β-unsaturated/α-hetero) is 1. The quantitative estimate of drug-likeness (QED) is 0.645. The van der Waals surface area contributed by atoms with Gasteiger partial charge in [0.1, 0.15) is 5.78 Å². The summed E-state index contributed by atoms with van der Waals surface area (Å²) in [7, 11) is 0. The van der Waals surface area contributed by atoms with Crippen LogP contribution in [-0.2, 0) is 4.79 Å². The summed E-state index contributed by atoms with van der Waals surface area (Å²) in [6, 6.07) is 0. The van der Waals surface area contributed by atoms with Crippen LogP contribution in [0.25, 0.3) is 0 Å². The molecule has 0 unspecified atom stereocenters. The first-order valence-electron chi connectivity index (χ1n) is 6.11. The molecule has 0 saturated carbocycles. The molecule has 0 aromatic carbocycles. The molecule has 84 valence electrons. The van der Waals surface area contributed by atoms with Gasteiger partial charge in [0.15, 0.2) is 0 Å². The summed E-state index contributed by atoms with van der Waals surface area (Å²) in [5, 5.41) is 0. The number of carbonyl (C=O) groups excluding carboxylic acids is 1. The van der Waals surface area contributed by atoms with E-state index in [1.165, 1.54) is 5.57 Å². The van der Waals surface area contributed by atoms with Crippen LogP contribution in [0.15, 0.2) is 36.0 Å². The van der Waals surface area contributed by atoms with Gasteiger partial charge in [0.05, 0.1) is 0 Å². The maximum atomic E-state index is 11.8. The molecule has 0 heterocycles. The second-order valence-electron chi connectivity index (χ2n) is 5.83. The van der Waals surface area contributed by atoms with Gasteiger partial charge in [-0.25, -0.2) is 0 Å². The average Bonchev–Trinajstić information content (AvgIpc) is 2.85. The SMILES string of the molecule is CC(=O)C(C)(C)C1=C[C@H]2C=C[C@H]3C=C[C@H]1[C@@H]32. The lowest BCUT2D eigenvalue weighted by molar-refractivity contribution is -0.123. The molecule has 0 aromatic rings. The zero-order chi connectivity index (χ0) is 11.5. The summed E-state index contributed by atoms with van der Waals surface area (Å²) in [5.41, 5.74) is 1.06. The van der Waals surface area contributed by atoms with Crippen molar-refractivity contribution in [2.75, 3.05) is 0 Å². The summed E-state index contributed by atoms with van der Waals surface area (Å²) < 4.78 is 0. The Kier molecular flexibility index (Phi) is 1.87. The molecule has 0 amide bonds. The van der Waals surface area contributed by atoms with Gasteiger partial charge >= 0.3 is 0 Å². The highest BCUT2D eigenvalue weighted by Crippen LogP contribution is 2.55. The molecule has 3 rings (SSSR count). The van der Waals surface area contributed by atoms with Crippen molar-refractivity contribution >= 4 is 5.78 Å². The molecule has 0 N–H and O–H groups in total. The number of carbonyl (C=O) groups is 1. The third kappa shape index (κ3) is 1.09. The molecular formula is C15H18O. The van der Waals surface area contributed by atoms with E-state index in [1.807, 2.05) is 0 Å². The molecule has 0 saturated heterocycles. The van der Waals surface area contributed by atoms with Crippen LogP contribution in [0.5, 0.6) is 0 Å². The van der Waals surface area contributed by atoms with Crippen molar-refractivity contribution in [3.63, 3.8) is 0 Å². The summed E-state index contributed by atoms with van der Waals surface area (Å²) in [6.07, 6.45) is 11.6. The van der Waals surface area contributed by atoms with Crippen molar-refractivity contribution in [1.29, 1.82) is 0 Å². The average molecular weight is 214 g/mol. The van der Waals surface area contributed by atoms with E-state index in [4.69, 9.17) is 0 Å². The minimum atomic E-state index is -0.290. The Labute approximate surface area is 96.9 Å². The molecule has 1 nitrogen and oxygen atoms in total. The Hall–Kier alpha value is -1.11. The molecule has 0 spiro atoms. The molecule has 0 aromatic heterocycles. The first kappa shape index (κ1) is 10.1. The summed E-state index contributed by atoms with van der Waals surface area (Å²) >= 11 is 0. The molecule has 0 bridgehead atoms. The van der Waals surface area contributed by atoms with Gasteiger partial charge < -0.3 is 0 Å². The van der Waals surface area contributed by atoms with Crippen LogP contribution in [0.3, 0.4) is 0 Å². The second kappa shape index (κ2) is 2.97. The van der Waals surface area contributed by atoms with Crippen LogP contribution < -0.4 is 0 Å². The maximum absolute atomic E-state index is 11.8. The molecule has 3 aliphatic carbocycles. The van der Waals surface area contributed by atoms with E-state index in [1.54, 1.807) is 6.92 Å². The van der Waals surface area contributed by atoms with E-state index in [9.17, 15) is 4.79 Å². The van der Waals surface area contributed by atoms with E-state index >= 15 is 0 Å². The predicted molar refractivity (Wildman–Crippen MR) is 64.8 cm³/mol.